The molecule has 0 aromatic heterocycles. The molecule has 1 aromatic carbocycles. The minimum atomic E-state index is -2.94. The Balaban J connectivity index is 3.05. The van der Waals surface area contributed by atoms with Crippen molar-refractivity contribution in [3.63, 3.8) is 0 Å². The summed E-state index contributed by atoms with van der Waals surface area (Å²) < 4.78 is 28.5. The number of alkyl halides is 2. The second-order valence-corrected chi connectivity index (χ2v) is 3.04. The lowest BCUT2D eigenvalue weighted by Crippen LogP contribution is -2.31. The van der Waals surface area contributed by atoms with Crippen molar-refractivity contribution in [2.24, 2.45) is 5.73 Å². The van der Waals surface area contributed by atoms with Gasteiger partial charge in [0.15, 0.2) is 0 Å². The van der Waals surface area contributed by atoms with Gasteiger partial charge in [0.25, 0.3) is 0 Å². The van der Waals surface area contributed by atoms with Gasteiger partial charge in [0.2, 0.25) is 5.91 Å². The van der Waals surface area contributed by atoms with E-state index in [1.54, 1.807) is 6.07 Å². The first-order valence-electron chi connectivity index (χ1n) is 4.56. The van der Waals surface area contributed by atoms with E-state index in [1.165, 1.54) is 25.2 Å². The number of likely N-dealkylation sites (N-methyl/N-ethyl adjacent to an activating group) is 1. The minimum Gasteiger partial charge on any atom is -0.434 e. The summed E-state index contributed by atoms with van der Waals surface area (Å²) in [5.74, 6) is -0.719. The van der Waals surface area contributed by atoms with Gasteiger partial charge in [-0.2, -0.15) is 8.78 Å². The normalized spacial score (nSPS) is 12.5. The Morgan fingerprint density at radius 3 is 2.56 bits per heavy atom. The highest BCUT2D eigenvalue weighted by Crippen LogP contribution is 2.26. The van der Waals surface area contributed by atoms with Crippen LogP contribution in [0.4, 0.5) is 8.78 Å². The van der Waals surface area contributed by atoms with Gasteiger partial charge in [-0.25, -0.2) is 0 Å². The van der Waals surface area contributed by atoms with E-state index < -0.39 is 18.6 Å². The van der Waals surface area contributed by atoms with Crippen LogP contribution in [0.1, 0.15) is 11.6 Å². The smallest absolute Gasteiger partial charge is 0.387 e. The molecule has 0 spiro atoms. The summed E-state index contributed by atoms with van der Waals surface area (Å²) in [5.41, 5.74) is 5.42. The molecule has 0 aliphatic carbocycles. The summed E-state index contributed by atoms with van der Waals surface area (Å²) in [7, 11) is 1.51. The zero-order chi connectivity index (χ0) is 12.1. The number of rotatable bonds is 5. The van der Waals surface area contributed by atoms with Crippen LogP contribution in [0.3, 0.4) is 0 Å². The maximum absolute atomic E-state index is 12.1. The third kappa shape index (κ3) is 2.90. The van der Waals surface area contributed by atoms with Gasteiger partial charge in [-0.15, -0.1) is 0 Å². The first kappa shape index (κ1) is 12.4. The molecule has 88 valence electrons. The predicted molar refractivity (Wildman–Crippen MR) is 54.1 cm³/mol. The molecule has 1 amide bonds. The van der Waals surface area contributed by atoms with Crippen LogP contribution in [0.2, 0.25) is 0 Å². The number of nitrogens with two attached hydrogens (primary N) is 1. The molecule has 16 heavy (non-hydrogen) atoms. The molecule has 3 N–H and O–H groups in total. The number of primary amides is 1. The molecule has 0 radical (unpaired) electrons. The molecule has 0 saturated carbocycles. The van der Waals surface area contributed by atoms with Gasteiger partial charge in [-0.05, 0) is 13.1 Å². The Morgan fingerprint density at radius 2 is 2.06 bits per heavy atom. The predicted octanol–water partition coefficient (Wildman–Crippen LogP) is 1.03. The number of para-hydroxylation sites is 1. The number of hydrogen-bond donors (Lipinski definition) is 2. The molecular formula is C10H12F2N2O2. The molecule has 1 atom stereocenters. The van der Waals surface area contributed by atoms with Crippen molar-refractivity contribution in [2.45, 2.75) is 12.7 Å². The second-order valence-electron chi connectivity index (χ2n) is 3.04. The van der Waals surface area contributed by atoms with Gasteiger partial charge in [0, 0.05) is 5.56 Å². The van der Waals surface area contributed by atoms with Crippen LogP contribution in [0.25, 0.3) is 0 Å². The third-order valence-corrected chi connectivity index (χ3v) is 2.02. The van der Waals surface area contributed by atoms with Crippen LogP contribution >= 0.6 is 0 Å². The van der Waals surface area contributed by atoms with Crippen LogP contribution < -0.4 is 15.8 Å². The maximum Gasteiger partial charge on any atom is 0.387 e. The second kappa shape index (κ2) is 5.41. The van der Waals surface area contributed by atoms with Gasteiger partial charge in [-0.3, -0.25) is 4.79 Å². The fraction of sp³-hybridized carbons (Fsp3) is 0.300. The van der Waals surface area contributed by atoms with Gasteiger partial charge >= 0.3 is 6.61 Å². The molecule has 0 heterocycles. The fourth-order valence-corrected chi connectivity index (χ4v) is 1.37. The zero-order valence-corrected chi connectivity index (χ0v) is 8.61. The Bertz CT molecular complexity index is 372. The first-order valence-corrected chi connectivity index (χ1v) is 4.56. The Kier molecular flexibility index (Phi) is 4.19. The highest BCUT2D eigenvalue weighted by molar-refractivity contribution is 5.82. The lowest BCUT2D eigenvalue weighted by atomic mass is 10.1. The van der Waals surface area contributed by atoms with E-state index in [-0.39, 0.29) is 11.3 Å². The maximum atomic E-state index is 12.1. The summed E-state index contributed by atoms with van der Waals surface area (Å²) >= 11 is 0. The third-order valence-electron chi connectivity index (χ3n) is 2.02. The molecule has 1 aromatic rings. The standard InChI is InChI=1S/C10H12F2N2O2/c1-14-8(9(13)15)6-4-2-3-5-7(6)16-10(11)12/h2-5,8,10,14H,1H3,(H2,13,15). The Morgan fingerprint density at radius 1 is 1.44 bits per heavy atom. The lowest BCUT2D eigenvalue weighted by Gasteiger charge is -2.16. The van der Waals surface area contributed by atoms with Crippen molar-refractivity contribution in [1.82, 2.24) is 5.32 Å². The van der Waals surface area contributed by atoms with Crippen molar-refractivity contribution < 1.29 is 18.3 Å². The summed E-state index contributed by atoms with van der Waals surface area (Å²) in [6.07, 6.45) is 0. The van der Waals surface area contributed by atoms with Crippen LogP contribution in [-0.2, 0) is 4.79 Å². The molecule has 4 nitrogen and oxygen atoms in total. The molecular weight excluding hydrogens is 218 g/mol. The summed E-state index contributed by atoms with van der Waals surface area (Å²) in [4.78, 5) is 11.1. The van der Waals surface area contributed by atoms with Crippen LogP contribution in [0.5, 0.6) is 5.75 Å². The molecule has 1 unspecified atom stereocenters. The highest BCUT2D eigenvalue weighted by atomic mass is 19.3. The Labute approximate surface area is 91.4 Å². The number of benzene rings is 1. The van der Waals surface area contributed by atoms with Gasteiger partial charge in [0.05, 0.1) is 0 Å². The van der Waals surface area contributed by atoms with E-state index in [0.29, 0.717) is 0 Å². The van der Waals surface area contributed by atoms with Crippen molar-refractivity contribution in [1.29, 1.82) is 0 Å². The van der Waals surface area contributed by atoms with Crippen molar-refractivity contribution >= 4 is 5.91 Å². The molecule has 0 bridgehead atoms. The quantitative estimate of drug-likeness (QED) is 0.794. The van der Waals surface area contributed by atoms with Crippen LogP contribution in [0.15, 0.2) is 24.3 Å². The van der Waals surface area contributed by atoms with Crippen molar-refractivity contribution in [2.75, 3.05) is 7.05 Å². The zero-order valence-electron chi connectivity index (χ0n) is 8.61. The minimum absolute atomic E-state index is 0.0596. The number of amides is 1. The molecule has 1 rings (SSSR count). The highest BCUT2D eigenvalue weighted by Gasteiger charge is 2.20. The fourth-order valence-electron chi connectivity index (χ4n) is 1.37. The van der Waals surface area contributed by atoms with E-state index >= 15 is 0 Å². The van der Waals surface area contributed by atoms with E-state index in [1.807, 2.05) is 0 Å². The van der Waals surface area contributed by atoms with Gasteiger partial charge in [0.1, 0.15) is 11.8 Å². The number of nitrogens with one attached hydrogen (secondary N) is 1. The number of carbonyl (C=O) groups excluding carboxylic acids is 1. The molecule has 0 aliphatic rings. The summed E-state index contributed by atoms with van der Waals surface area (Å²) in [5, 5.41) is 2.63. The number of halogens is 2. The van der Waals surface area contributed by atoms with E-state index in [9.17, 15) is 13.6 Å². The van der Waals surface area contributed by atoms with Crippen molar-refractivity contribution in [3.05, 3.63) is 29.8 Å². The van der Waals surface area contributed by atoms with Crippen LogP contribution in [0, 0.1) is 0 Å². The monoisotopic (exact) mass is 230 g/mol. The van der Waals surface area contributed by atoms with E-state index in [0.717, 1.165) is 0 Å². The summed E-state index contributed by atoms with van der Waals surface area (Å²) in [6, 6.07) is 5.16. The molecule has 0 aliphatic heterocycles. The number of carbonyl (C=O) groups is 1. The molecule has 0 fully saturated rings. The van der Waals surface area contributed by atoms with E-state index in [4.69, 9.17) is 5.73 Å². The van der Waals surface area contributed by atoms with Crippen molar-refractivity contribution in [3.8, 4) is 5.75 Å². The molecule has 6 heteroatoms. The average Bonchev–Trinajstić information content (AvgIpc) is 2.20. The topological polar surface area (TPSA) is 64.3 Å². The van der Waals surface area contributed by atoms with Crippen LogP contribution in [-0.4, -0.2) is 19.6 Å². The largest absolute Gasteiger partial charge is 0.434 e. The SMILES string of the molecule is CNC(C(N)=O)c1ccccc1OC(F)F. The van der Waals surface area contributed by atoms with Gasteiger partial charge < -0.3 is 15.8 Å². The van der Waals surface area contributed by atoms with E-state index in [2.05, 4.69) is 10.1 Å². The number of ether oxygens (including phenoxy) is 1. The molecule has 0 saturated heterocycles. The first-order chi connectivity index (χ1) is 7.56. The average molecular weight is 230 g/mol. The lowest BCUT2D eigenvalue weighted by molar-refractivity contribution is -0.120. The Hall–Kier alpha value is -1.69. The van der Waals surface area contributed by atoms with Gasteiger partial charge in [-0.1, -0.05) is 18.2 Å². The summed E-state index contributed by atoms with van der Waals surface area (Å²) in [6.45, 7) is -2.94. The number of hydrogen-bond acceptors (Lipinski definition) is 3.